The van der Waals surface area contributed by atoms with Crippen LogP contribution >= 0.6 is 12.4 Å². The number of nitrogens with one attached hydrogen (secondary N) is 1. The molecule has 0 bridgehead atoms. The second kappa shape index (κ2) is 7.34. The second-order valence-electron chi connectivity index (χ2n) is 2.21. The average molecular weight is 214 g/mol. The van der Waals surface area contributed by atoms with Crippen molar-refractivity contribution >= 4 is 18.4 Å². The summed E-state index contributed by atoms with van der Waals surface area (Å²) in [5.74, 6) is -1.25. The molecule has 1 atom stereocenters. The van der Waals surface area contributed by atoms with Gasteiger partial charge in [0.2, 0.25) is 0 Å². The third-order valence-electron chi connectivity index (χ3n) is 1.30. The number of rotatable bonds is 3. The van der Waals surface area contributed by atoms with E-state index >= 15 is 0 Å². The molecular weight excluding hydrogens is 205 g/mol. The molecular formula is C6H9ClN3NaO2. The second-order valence-corrected chi connectivity index (χ2v) is 2.21. The van der Waals surface area contributed by atoms with Crippen molar-refractivity contribution in [2.45, 2.75) is 12.5 Å². The number of carboxylic acid groups (broad SMARTS) is 1. The van der Waals surface area contributed by atoms with Gasteiger partial charge in [-0.15, -0.1) is 12.4 Å². The maximum atomic E-state index is 10.2. The smallest absolute Gasteiger partial charge is 0.548 e. The van der Waals surface area contributed by atoms with Crippen molar-refractivity contribution in [2.75, 3.05) is 0 Å². The molecule has 0 fully saturated rings. The van der Waals surface area contributed by atoms with Crippen molar-refractivity contribution in [2.24, 2.45) is 5.73 Å². The number of H-pyrrole nitrogens is 1. The van der Waals surface area contributed by atoms with E-state index in [2.05, 4.69) is 9.97 Å². The molecule has 68 valence electrons. The van der Waals surface area contributed by atoms with Crippen LogP contribution in [0.2, 0.25) is 0 Å². The predicted molar refractivity (Wildman–Crippen MR) is 42.5 cm³/mol. The van der Waals surface area contributed by atoms with Gasteiger partial charge in [0.15, 0.2) is 0 Å². The van der Waals surface area contributed by atoms with Gasteiger partial charge in [0.25, 0.3) is 0 Å². The maximum absolute atomic E-state index is 10.2. The van der Waals surface area contributed by atoms with Crippen molar-refractivity contribution in [3.63, 3.8) is 0 Å². The Morgan fingerprint density at radius 1 is 1.77 bits per heavy atom. The number of imidazole rings is 1. The fourth-order valence-corrected chi connectivity index (χ4v) is 0.717. The van der Waals surface area contributed by atoms with Crippen molar-refractivity contribution in [3.05, 3.63) is 18.2 Å². The van der Waals surface area contributed by atoms with Crippen LogP contribution in [0.3, 0.4) is 0 Å². The Hall–Kier alpha value is -0.0700. The minimum atomic E-state index is -1.25. The van der Waals surface area contributed by atoms with Gasteiger partial charge >= 0.3 is 29.6 Å². The fraction of sp³-hybridized carbons (Fsp3) is 0.333. The van der Waals surface area contributed by atoms with Crippen LogP contribution in [-0.2, 0) is 11.2 Å². The number of carboxylic acids is 1. The SMILES string of the molecule is Cl.N[C@@H](Cc1cnc[nH]1)C(=O)[O-].[Na+]. The zero-order valence-corrected chi connectivity index (χ0v) is 10.0. The number of aromatic amines is 1. The zero-order valence-electron chi connectivity index (χ0n) is 7.19. The van der Waals surface area contributed by atoms with Gasteiger partial charge in [0.05, 0.1) is 12.3 Å². The Bertz CT molecular complexity index is 242. The summed E-state index contributed by atoms with van der Waals surface area (Å²) in [6, 6.07) is -0.963. The van der Waals surface area contributed by atoms with Crippen LogP contribution < -0.4 is 40.4 Å². The minimum absolute atomic E-state index is 0. The molecule has 0 aromatic carbocycles. The van der Waals surface area contributed by atoms with Crippen LogP contribution in [-0.4, -0.2) is 22.0 Å². The van der Waals surface area contributed by atoms with E-state index in [4.69, 9.17) is 5.73 Å². The summed E-state index contributed by atoms with van der Waals surface area (Å²) in [5, 5.41) is 10.2. The number of aliphatic carboxylic acids is 1. The van der Waals surface area contributed by atoms with Crippen LogP contribution in [0.15, 0.2) is 12.5 Å². The van der Waals surface area contributed by atoms with E-state index in [1.54, 1.807) is 0 Å². The number of hydrogen-bond acceptors (Lipinski definition) is 4. The topological polar surface area (TPSA) is 94.8 Å². The van der Waals surface area contributed by atoms with Crippen molar-refractivity contribution < 1.29 is 39.5 Å². The molecule has 0 amide bonds. The van der Waals surface area contributed by atoms with Gasteiger partial charge in [0.1, 0.15) is 0 Å². The van der Waals surface area contributed by atoms with E-state index in [1.165, 1.54) is 12.5 Å². The first-order valence-electron chi connectivity index (χ1n) is 3.14. The normalized spacial score (nSPS) is 10.8. The Kier molecular flexibility index (Phi) is 8.70. The number of aromatic nitrogens is 2. The number of hydrogen-bond donors (Lipinski definition) is 2. The molecule has 0 aliphatic rings. The molecule has 1 heterocycles. The third kappa shape index (κ3) is 5.28. The summed E-state index contributed by atoms with van der Waals surface area (Å²) in [6.45, 7) is 0. The van der Waals surface area contributed by atoms with Gasteiger partial charge in [0, 0.05) is 24.4 Å². The van der Waals surface area contributed by atoms with E-state index in [1.807, 2.05) is 0 Å². The molecule has 0 aliphatic heterocycles. The molecule has 13 heavy (non-hydrogen) atoms. The Morgan fingerprint density at radius 3 is 2.77 bits per heavy atom. The van der Waals surface area contributed by atoms with Gasteiger partial charge in [-0.25, -0.2) is 4.98 Å². The summed E-state index contributed by atoms with van der Waals surface area (Å²) >= 11 is 0. The van der Waals surface area contributed by atoms with Gasteiger partial charge in [-0.1, -0.05) is 0 Å². The molecule has 0 unspecified atom stereocenters. The standard InChI is InChI=1S/C6H9N3O2.ClH.Na/c7-5(6(10)11)1-4-2-8-3-9-4;;/h2-3,5H,1,7H2,(H,8,9)(H,10,11);1H;/q;;+1/p-1/t5-;;/m0../s1. The van der Waals surface area contributed by atoms with Crippen LogP contribution in [0.25, 0.3) is 0 Å². The first-order valence-corrected chi connectivity index (χ1v) is 3.14. The Morgan fingerprint density at radius 2 is 2.38 bits per heavy atom. The van der Waals surface area contributed by atoms with Gasteiger partial charge in [-0.2, -0.15) is 0 Å². The van der Waals surface area contributed by atoms with Gasteiger partial charge in [-0.05, 0) is 0 Å². The number of halogens is 1. The molecule has 0 saturated carbocycles. The number of carbonyl (C=O) groups is 1. The van der Waals surface area contributed by atoms with E-state index in [9.17, 15) is 9.90 Å². The number of nitrogens with two attached hydrogens (primary N) is 1. The molecule has 3 N–H and O–H groups in total. The summed E-state index contributed by atoms with van der Waals surface area (Å²) in [6.07, 6.45) is 3.22. The predicted octanol–water partition coefficient (Wildman–Crippen LogP) is -4.54. The van der Waals surface area contributed by atoms with Crippen molar-refractivity contribution in [1.82, 2.24) is 9.97 Å². The summed E-state index contributed by atoms with van der Waals surface area (Å²) in [5.41, 5.74) is 5.89. The van der Waals surface area contributed by atoms with Crippen LogP contribution in [0.1, 0.15) is 5.69 Å². The molecule has 0 saturated heterocycles. The minimum Gasteiger partial charge on any atom is -0.548 e. The molecule has 5 nitrogen and oxygen atoms in total. The maximum Gasteiger partial charge on any atom is 1.00 e. The molecule has 0 spiro atoms. The molecule has 1 aromatic heterocycles. The molecule has 0 aliphatic carbocycles. The number of carbonyl (C=O) groups excluding carboxylic acids is 1. The van der Waals surface area contributed by atoms with Crippen LogP contribution in [0, 0.1) is 0 Å². The average Bonchev–Trinajstić information content (AvgIpc) is 2.39. The molecule has 1 rings (SSSR count). The third-order valence-corrected chi connectivity index (χ3v) is 1.30. The van der Waals surface area contributed by atoms with Crippen molar-refractivity contribution in [1.29, 1.82) is 0 Å². The monoisotopic (exact) mass is 213 g/mol. The number of nitrogens with zero attached hydrogens (tertiary/aromatic N) is 1. The molecule has 7 heteroatoms. The Labute approximate surface area is 104 Å². The first-order chi connectivity index (χ1) is 5.20. The Balaban J connectivity index is 0. The van der Waals surface area contributed by atoms with E-state index in [0.29, 0.717) is 5.69 Å². The molecule has 1 aromatic rings. The van der Waals surface area contributed by atoms with Crippen LogP contribution in [0.4, 0.5) is 0 Å². The molecule has 0 radical (unpaired) electrons. The fourth-order valence-electron chi connectivity index (χ4n) is 0.717. The van der Waals surface area contributed by atoms with Gasteiger partial charge in [-0.3, -0.25) is 0 Å². The zero-order chi connectivity index (χ0) is 8.27. The van der Waals surface area contributed by atoms with Gasteiger partial charge < -0.3 is 20.6 Å². The summed E-state index contributed by atoms with van der Waals surface area (Å²) in [4.78, 5) is 16.6. The van der Waals surface area contributed by atoms with E-state index in [-0.39, 0.29) is 48.4 Å². The van der Waals surface area contributed by atoms with E-state index < -0.39 is 12.0 Å². The summed E-state index contributed by atoms with van der Waals surface area (Å²) in [7, 11) is 0. The van der Waals surface area contributed by atoms with Crippen LogP contribution in [0.5, 0.6) is 0 Å². The van der Waals surface area contributed by atoms with Crippen molar-refractivity contribution in [3.8, 4) is 0 Å². The van der Waals surface area contributed by atoms with E-state index in [0.717, 1.165) is 0 Å². The largest absolute Gasteiger partial charge is 1.00 e. The quantitative estimate of drug-likeness (QED) is 0.495. The first kappa shape index (κ1) is 15.4. The summed E-state index contributed by atoms with van der Waals surface area (Å²) < 4.78 is 0.